The summed E-state index contributed by atoms with van der Waals surface area (Å²) in [4.78, 5) is 0. The van der Waals surface area contributed by atoms with Crippen LogP contribution in [0.1, 0.15) is 30.4 Å². The molecule has 2 aliphatic heterocycles. The van der Waals surface area contributed by atoms with Crippen LogP contribution in [0.3, 0.4) is 0 Å². The molecule has 1 saturated heterocycles. The highest BCUT2D eigenvalue weighted by Crippen LogP contribution is 2.37. The minimum absolute atomic E-state index is 0.362. The zero-order valence-corrected chi connectivity index (χ0v) is 10.3. The van der Waals surface area contributed by atoms with E-state index in [1.807, 2.05) is 6.07 Å². The van der Waals surface area contributed by atoms with Gasteiger partial charge in [0.1, 0.15) is 0 Å². The monoisotopic (exact) mass is 233 g/mol. The Balaban J connectivity index is 1.78. The molecule has 1 unspecified atom stereocenters. The topological polar surface area (TPSA) is 30.5 Å². The van der Waals surface area contributed by atoms with Gasteiger partial charge in [0.25, 0.3) is 0 Å². The van der Waals surface area contributed by atoms with Gasteiger partial charge < -0.3 is 14.8 Å². The van der Waals surface area contributed by atoms with Crippen molar-refractivity contribution in [2.24, 2.45) is 0 Å². The summed E-state index contributed by atoms with van der Waals surface area (Å²) < 4.78 is 10.9. The number of hydrogen-bond acceptors (Lipinski definition) is 3. The Morgan fingerprint density at radius 3 is 3.06 bits per heavy atom. The van der Waals surface area contributed by atoms with E-state index < -0.39 is 0 Å². The second-order valence-electron chi connectivity index (χ2n) is 4.93. The van der Waals surface area contributed by atoms with Crippen LogP contribution >= 0.6 is 0 Å². The highest BCUT2D eigenvalue weighted by Gasteiger charge is 2.20. The highest BCUT2D eigenvalue weighted by molar-refractivity contribution is 5.51. The Bertz CT molecular complexity index is 411. The Kier molecular flexibility index (Phi) is 2.93. The Morgan fingerprint density at radius 1 is 1.29 bits per heavy atom. The predicted molar refractivity (Wildman–Crippen MR) is 66.6 cm³/mol. The van der Waals surface area contributed by atoms with Crippen LogP contribution in [0.5, 0.6) is 11.5 Å². The van der Waals surface area contributed by atoms with Crippen LogP contribution in [-0.4, -0.2) is 19.4 Å². The van der Waals surface area contributed by atoms with Crippen LogP contribution in [0, 0.1) is 6.92 Å². The second kappa shape index (κ2) is 4.57. The number of ether oxygens (including phenoxy) is 2. The molecular formula is C14H19NO2. The lowest BCUT2D eigenvalue weighted by atomic mass is 9.95. The van der Waals surface area contributed by atoms with Gasteiger partial charge in [-0.15, -0.1) is 0 Å². The van der Waals surface area contributed by atoms with Gasteiger partial charge in [0, 0.05) is 6.04 Å². The van der Waals surface area contributed by atoms with E-state index in [4.69, 9.17) is 9.47 Å². The Morgan fingerprint density at radius 2 is 2.24 bits per heavy atom. The first-order valence-corrected chi connectivity index (χ1v) is 6.46. The van der Waals surface area contributed by atoms with Crippen molar-refractivity contribution in [2.45, 2.75) is 38.6 Å². The molecular weight excluding hydrogens is 214 g/mol. The number of hydrogen-bond donors (Lipinski definition) is 1. The van der Waals surface area contributed by atoms with Crippen molar-refractivity contribution in [1.82, 2.24) is 5.32 Å². The van der Waals surface area contributed by atoms with E-state index in [1.165, 1.54) is 30.4 Å². The summed E-state index contributed by atoms with van der Waals surface area (Å²) in [5.41, 5.74) is 2.63. The standard InChI is InChI=1S/C14H19NO2/c1-10-11(8-12-4-2-3-7-15-12)5-6-13-14(10)17-9-16-13/h5-6,12,15H,2-4,7-9H2,1H3. The van der Waals surface area contributed by atoms with Crippen molar-refractivity contribution >= 4 is 0 Å². The molecule has 1 aromatic carbocycles. The zero-order chi connectivity index (χ0) is 11.7. The van der Waals surface area contributed by atoms with Gasteiger partial charge in [-0.25, -0.2) is 0 Å². The van der Waals surface area contributed by atoms with Crippen molar-refractivity contribution in [3.05, 3.63) is 23.3 Å². The Hall–Kier alpha value is -1.22. The average molecular weight is 233 g/mol. The molecule has 2 heterocycles. The average Bonchev–Trinajstić information content (AvgIpc) is 2.83. The first-order chi connectivity index (χ1) is 8.34. The molecule has 1 fully saturated rings. The van der Waals surface area contributed by atoms with Gasteiger partial charge in [0.2, 0.25) is 6.79 Å². The van der Waals surface area contributed by atoms with Crippen LogP contribution in [-0.2, 0) is 6.42 Å². The molecule has 0 spiro atoms. The molecule has 0 bridgehead atoms. The summed E-state index contributed by atoms with van der Waals surface area (Å²) in [7, 11) is 0. The van der Waals surface area contributed by atoms with E-state index in [9.17, 15) is 0 Å². The smallest absolute Gasteiger partial charge is 0.231 e. The number of rotatable bonds is 2. The molecule has 92 valence electrons. The van der Waals surface area contributed by atoms with Gasteiger partial charge in [-0.05, 0) is 49.9 Å². The summed E-state index contributed by atoms with van der Waals surface area (Å²) >= 11 is 0. The van der Waals surface area contributed by atoms with Gasteiger partial charge in [-0.2, -0.15) is 0 Å². The van der Waals surface area contributed by atoms with Gasteiger partial charge in [0.15, 0.2) is 11.5 Å². The van der Waals surface area contributed by atoms with Crippen molar-refractivity contribution in [1.29, 1.82) is 0 Å². The fraction of sp³-hybridized carbons (Fsp3) is 0.571. The van der Waals surface area contributed by atoms with E-state index in [0.717, 1.165) is 24.5 Å². The normalized spacial score (nSPS) is 22.8. The minimum atomic E-state index is 0.362. The van der Waals surface area contributed by atoms with E-state index in [-0.39, 0.29) is 0 Å². The third-order valence-electron chi connectivity index (χ3n) is 3.78. The molecule has 0 aromatic heterocycles. The van der Waals surface area contributed by atoms with E-state index >= 15 is 0 Å². The SMILES string of the molecule is Cc1c(CC2CCCCN2)ccc2c1OCO2. The molecule has 0 saturated carbocycles. The molecule has 1 N–H and O–H groups in total. The van der Waals surface area contributed by atoms with Crippen LogP contribution in [0.4, 0.5) is 0 Å². The first kappa shape index (κ1) is 10.9. The molecule has 0 amide bonds. The van der Waals surface area contributed by atoms with Crippen LogP contribution in [0.25, 0.3) is 0 Å². The van der Waals surface area contributed by atoms with Crippen molar-refractivity contribution in [3.63, 3.8) is 0 Å². The molecule has 17 heavy (non-hydrogen) atoms. The lowest BCUT2D eigenvalue weighted by Crippen LogP contribution is -2.35. The van der Waals surface area contributed by atoms with Gasteiger partial charge in [0.05, 0.1) is 0 Å². The second-order valence-corrected chi connectivity index (χ2v) is 4.93. The first-order valence-electron chi connectivity index (χ1n) is 6.46. The molecule has 3 nitrogen and oxygen atoms in total. The van der Waals surface area contributed by atoms with Crippen LogP contribution in [0.15, 0.2) is 12.1 Å². The number of fused-ring (bicyclic) bond motifs is 1. The summed E-state index contributed by atoms with van der Waals surface area (Å²) in [6.45, 7) is 3.65. The summed E-state index contributed by atoms with van der Waals surface area (Å²) in [6, 6.07) is 4.84. The largest absolute Gasteiger partial charge is 0.454 e. The minimum Gasteiger partial charge on any atom is -0.454 e. The molecule has 3 heteroatoms. The summed E-state index contributed by atoms with van der Waals surface area (Å²) in [5, 5.41) is 3.59. The van der Waals surface area contributed by atoms with E-state index in [2.05, 4.69) is 18.3 Å². The highest BCUT2D eigenvalue weighted by atomic mass is 16.7. The van der Waals surface area contributed by atoms with E-state index in [0.29, 0.717) is 12.8 Å². The molecule has 1 atom stereocenters. The molecule has 1 aromatic rings. The van der Waals surface area contributed by atoms with Crippen molar-refractivity contribution in [3.8, 4) is 11.5 Å². The lowest BCUT2D eigenvalue weighted by Gasteiger charge is -2.24. The number of nitrogens with one attached hydrogen (secondary N) is 1. The number of benzene rings is 1. The molecule has 2 aliphatic rings. The maximum absolute atomic E-state index is 5.52. The van der Waals surface area contributed by atoms with Gasteiger partial charge >= 0.3 is 0 Å². The fourth-order valence-corrected chi connectivity index (χ4v) is 2.74. The molecule has 0 radical (unpaired) electrons. The van der Waals surface area contributed by atoms with Crippen LogP contribution in [0.2, 0.25) is 0 Å². The predicted octanol–water partition coefficient (Wildman–Crippen LogP) is 2.41. The lowest BCUT2D eigenvalue weighted by molar-refractivity contribution is 0.173. The fourth-order valence-electron chi connectivity index (χ4n) is 2.74. The molecule has 3 rings (SSSR count). The third-order valence-corrected chi connectivity index (χ3v) is 3.78. The zero-order valence-electron chi connectivity index (χ0n) is 10.3. The maximum Gasteiger partial charge on any atom is 0.231 e. The van der Waals surface area contributed by atoms with Crippen molar-refractivity contribution < 1.29 is 9.47 Å². The van der Waals surface area contributed by atoms with Crippen LogP contribution < -0.4 is 14.8 Å². The maximum atomic E-state index is 5.52. The van der Waals surface area contributed by atoms with Gasteiger partial charge in [-0.1, -0.05) is 12.5 Å². The van der Waals surface area contributed by atoms with E-state index in [1.54, 1.807) is 0 Å². The third kappa shape index (κ3) is 2.12. The summed E-state index contributed by atoms with van der Waals surface area (Å²) in [5.74, 6) is 1.83. The Labute approximate surface area is 102 Å². The molecule has 0 aliphatic carbocycles. The quantitative estimate of drug-likeness (QED) is 0.851. The van der Waals surface area contributed by atoms with Gasteiger partial charge in [-0.3, -0.25) is 0 Å². The van der Waals surface area contributed by atoms with Crippen molar-refractivity contribution in [2.75, 3.05) is 13.3 Å². The number of piperidine rings is 1. The summed E-state index contributed by atoms with van der Waals surface area (Å²) in [6.07, 6.45) is 5.05.